The lowest BCUT2D eigenvalue weighted by Gasteiger charge is -2.32. The third-order valence-electron chi connectivity index (χ3n) is 4.83. The lowest BCUT2D eigenvalue weighted by atomic mass is 9.78. The standard InChI is InChI=1S/C16H23BN2O3/c1-15(2)16(3,4)22-17(21-15)11-6-7-12-13(8-9-20)18-19(5)14(12)10-11/h6-7,10,20H,8-9H2,1-5H3. The maximum absolute atomic E-state index is 9.14. The van der Waals surface area contributed by atoms with Gasteiger partial charge in [-0.1, -0.05) is 12.1 Å². The highest BCUT2D eigenvalue weighted by molar-refractivity contribution is 6.62. The Bertz CT molecular complexity index is 693. The number of rotatable bonds is 3. The Morgan fingerprint density at radius 2 is 1.82 bits per heavy atom. The van der Waals surface area contributed by atoms with Crippen LogP contribution in [-0.2, 0) is 22.8 Å². The van der Waals surface area contributed by atoms with Crippen molar-refractivity contribution in [1.82, 2.24) is 9.78 Å². The lowest BCUT2D eigenvalue weighted by molar-refractivity contribution is 0.00578. The van der Waals surface area contributed by atoms with Crippen molar-refractivity contribution in [1.29, 1.82) is 0 Å². The number of aryl methyl sites for hydroxylation is 1. The first-order chi connectivity index (χ1) is 10.2. The fourth-order valence-corrected chi connectivity index (χ4v) is 2.77. The van der Waals surface area contributed by atoms with E-state index in [2.05, 4.69) is 38.9 Å². The Kier molecular flexibility index (Phi) is 3.59. The molecule has 1 aliphatic heterocycles. The average molecular weight is 302 g/mol. The van der Waals surface area contributed by atoms with Gasteiger partial charge in [-0.05, 0) is 39.2 Å². The molecule has 2 heterocycles. The van der Waals surface area contributed by atoms with Crippen LogP contribution in [0.5, 0.6) is 0 Å². The van der Waals surface area contributed by atoms with Crippen molar-refractivity contribution in [2.24, 2.45) is 7.05 Å². The fraction of sp³-hybridized carbons (Fsp3) is 0.562. The van der Waals surface area contributed by atoms with E-state index in [1.165, 1.54) is 0 Å². The highest BCUT2D eigenvalue weighted by atomic mass is 16.7. The minimum absolute atomic E-state index is 0.102. The first-order valence-corrected chi connectivity index (χ1v) is 7.67. The van der Waals surface area contributed by atoms with E-state index in [1.54, 1.807) is 0 Å². The van der Waals surface area contributed by atoms with E-state index in [0.29, 0.717) is 6.42 Å². The highest BCUT2D eigenvalue weighted by Crippen LogP contribution is 2.36. The zero-order chi connectivity index (χ0) is 16.1. The van der Waals surface area contributed by atoms with Crippen LogP contribution in [0.3, 0.4) is 0 Å². The first kappa shape index (κ1) is 15.5. The van der Waals surface area contributed by atoms with Crippen LogP contribution >= 0.6 is 0 Å². The number of aromatic nitrogens is 2. The van der Waals surface area contributed by atoms with Crippen LogP contribution in [0.25, 0.3) is 10.9 Å². The number of fused-ring (bicyclic) bond motifs is 1. The zero-order valence-corrected chi connectivity index (χ0v) is 13.9. The molecule has 1 aromatic carbocycles. The summed E-state index contributed by atoms with van der Waals surface area (Å²) in [5, 5.41) is 14.7. The van der Waals surface area contributed by atoms with Gasteiger partial charge in [-0.3, -0.25) is 4.68 Å². The fourth-order valence-electron chi connectivity index (χ4n) is 2.77. The number of nitrogens with zero attached hydrogens (tertiary/aromatic N) is 2. The minimum Gasteiger partial charge on any atom is -0.399 e. The molecule has 0 aliphatic carbocycles. The summed E-state index contributed by atoms with van der Waals surface area (Å²) in [5.41, 5.74) is 2.24. The molecule has 22 heavy (non-hydrogen) atoms. The van der Waals surface area contributed by atoms with E-state index in [-0.39, 0.29) is 24.9 Å². The molecule has 0 atom stereocenters. The van der Waals surface area contributed by atoms with Gasteiger partial charge in [-0.2, -0.15) is 5.10 Å². The number of hydrogen-bond acceptors (Lipinski definition) is 4. The maximum atomic E-state index is 9.14. The number of aliphatic hydroxyl groups is 1. The molecule has 0 saturated carbocycles. The van der Waals surface area contributed by atoms with Gasteiger partial charge in [-0.25, -0.2) is 0 Å². The van der Waals surface area contributed by atoms with Gasteiger partial charge < -0.3 is 14.4 Å². The predicted molar refractivity (Wildman–Crippen MR) is 87.2 cm³/mol. The van der Waals surface area contributed by atoms with Crippen LogP contribution < -0.4 is 5.46 Å². The van der Waals surface area contributed by atoms with Crippen LogP contribution in [0.15, 0.2) is 18.2 Å². The Labute approximate surface area is 131 Å². The second kappa shape index (κ2) is 5.08. The van der Waals surface area contributed by atoms with Gasteiger partial charge in [0.15, 0.2) is 0 Å². The summed E-state index contributed by atoms with van der Waals surface area (Å²) in [6.07, 6.45) is 0.563. The summed E-state index contributed by atoms with van der Waals surface area (Å²) in [7, 11) is 1.54. The molecule has 0 unspecified atom stereocenters. The summed E-state index contributed by atoms with van der Waals surface area (Å²) in [5.74, 6) is 0. The molecule has 1 fully saturated rings. The van der Waals surface area contributed by atoms with Crippen LogP contribution in [0.1, 0.15) is 33.4 Å². The number of benzene rings is 1. The van der Waals surface area contributed by atoms with Crippen molar-refractivity contribution in [3.8, 4) is 0 Å². The van der Waals surface area contributed by atoms with E-state index < -0.39 is 0 Å². The molecule has 2 aromatic rings. The highest BCUT2D eigenvalue weighted by Gasteiger charge is 2.51. The van der Waals surface area contributed by atoms with Crippen molar-refractivity contribution in [3.63, 3.8) is 0 Å². The molecule has 6 heteroatoms. The van der Waals surface area contributed by atoms with Gasteiger partial charge in [0.25, 0.3) is 0 Å². The first-order valence-electron chi connectivity index (χ1n) is 7.67. The molecular weight excluding hydrogens is 279 g/mol. The number of aliphatic hydroxyl groups excluding tert-OH is 1. The Morgan fingerprint density at radius 3 is 2.41 bits per heavy atom. The van der Waals surface area contributed by atoms with Gasteiger partial charge in [0, 0.05) is 25.5 Å². The van der Waals surface area contributed by atoms with Crippen molar-refractivity contribution in [2.45, 2.75) is 45.3 Å². The number of hydrogen-bond donors (Lipinski definition) is 1. The second-order valence-corrected chi connectivity index (χ2v) is 6.91. The van der Waals surface area contributed by atoms with E-state index in [1.807, 2.05) is 23.9 Å². The summed E-state index contributed by atoms with van der Waals surface area (Å²) < 4.78 is 14.0. The molecule has 118 valence electrons. The summed E-state index contributed by atoms with van der Waals surface area (Å²) in [4.78, 5) is 0. The third kappa shape index (κ3) is 2.35. The quantitative estimate of drug-likeness (QED) is 0.871. The Balaban J connectivity index is 1.98. The van der Waals surface area contributed by atoms with Crippen LogP contribution in [-0.4, -0.2) is 39.8 Å². The molecule has 0 bridgehead atoms. The smallest absolute Gasteiger partial charge is 0.399 e. The zero-order valence-electron chi connectivity index (χ0n) is 13.9. The maximum Gasteiger partial charge on any atom is 0.494 e. The molecule has 1 saturated heterocycles. The van der Waals surface area contributed by atoms with Crippen molar-refractivity contribution >= 4 is 23.5 Å². The summed E-state index contributed by atoms with van der Waals surface area (Å²) in [6.45, 7) is 8.30. The van der Waals surface area contributed by atoms with Gasteiger partial charge in [0.2, 0.25) is 0 Å². The molecule has 1 aliphatic rings. The van der Waals surface area contributed by atoms with Gasteiger partial charge in [0.1, 0.15) is 0 Å². The van der Waals surface area contributed by atoms with Gasteiger partial charge >= 0.3 is 7.12 Å². The molecule has 5 nitrogen and oxygen atoms in total. The lowest BCUT2D eigenvalue weighted by Crippen LogP contribution is -2.41. The molecule has 1 N–H and O–H groups in total. The van der Waals surface area contributed by atoms with Crippen molar-refractivity contribution in [2.75, 3.05) is 6.61 Å². The van der Waals surface area contributed by atoms with Gasteiger partial charge in [0.05, 0.1) is 22.4 Å². The van der Waals surface area contributed by atoms with E-state index in [9.17, 15) is 0 Å². The monoisotopic (exact) mass is 302 g/mol. The largest absolute Gasteiger partial charge is 0.494 e. The van der Waals surface area contributed by atoms with Gasteiger partial charge in [-0.15, -0.1) is 0 Å². The normalized spacial score (nSPS) is 20.0. The molecule has 0 radical (unpaired) electrons. The third-order valence-corrected chi connectivity index (χ3v) is 4.83. The molecule has 3 rings (SSSR count). The molecule has 0 spiro atoms. The molecule has 0 amide bonds. The van der Waals surface area contributed by atoms with Crippen LogP contribution in [0, 0.1) is 0 Å². The topological polar surface area (TPSA) is 56.5 Å². The van der Waals surface area contributed by atoms with E-state index in [0.717, 1.165) is 22.1 Å². The van der Waals surface area contributed by atoms with E-state index >= 15 is 0 Å². The SMILES string of the molecule is Cn1nc(CCO)c2ccc(B3OC(C)(C)C(C)(C)O3)cc21. The van der Waals surface area contributed by atoms with Crippen LogP contribution in [0.2, 0.25) is 0 Å². The van der Waals surface area contributed by atoms with Crippen molar-refractivity contribution < 1.29 is 14.4 Å². The predicted octanol–water partition coefficient (Wildman–Crippen LogP) is 1.41. The Morgan fingerprint density at radius 1 is 1.18 bits per heavy atom. The summed E-state index contributed by atoms with van der Waals surface area (Å²) >= 11 is 0. The Hall–Kier alpha value is -1.37. The molecular formula is C16H23BN2O3. The van der Waals surface area contributed by atoms with E-state index in [4.69, 9.17) is 14.4 Å². The average Bonchev–Trinajstić information content (AvgIpc) is 2.85. The van der Waals surface area contributed by atoms with Crippen LogP contribution in [0.4, 0.5) is 0 Å². The summed E-state index contributed by atoms with van der Waals surface area (Å²) in [6, 6.07) is 6.12. The second-order valence-electron chi connectivity index (χ2n) is 6.91. The molecule has 1 aromatic heterocycles. The minimum atomic E-state index is -0.370. The van der Waals surface area contributed by atoms with Crippen molar-refractivity contribution in [3.05, 3.63) is 23.9 Å².